The molecule has 40 heavy (non-hydrogen) atoms. The number of carbonyl (C=O) groups excluding carboxylic acids is 1. The third kappa shape index (κ3) is 28.4. The van der Waals surface area contributed by atoms with E-state index in [0.29, 0.717) is 6.42 Å². The van der Waals surface area contributed by atoms with Crippen LogP contribution >= 0.6 is 0 Å². The Bertz CT molecular complexity index is 574. The Morgan fingerprint density at radius 3 is 1.45 bits per heavy atom. The van der Waals surface area contributed by atoms with Crippen molar-refractivity contribution in [1.29, 1.82) is 0 Å². The summed E-state index contributed by atoms with van der Waals surface area (Å²) in [4.78, 5) is 12.3. The van der Waals surface area contributed by atoms with Gasteiger partial charge in [-0.05, 0) is 32.1 Å². The predicted octanol–water partition coefficient (Wildman–Crippen LogP) is 10.1. The van der Waals surface area contributed by atoms with Gasteiger partial charge < -0.3 is 15.5 Å². The number of unbranched alkanes of at least 4 members (excludes halogenated alkanes) is 22. The van der Waals surface area contributed by atoms with Crippen LogP contribution in [-0.2, 0) is 4.79 Å². The van der Waals surface area contributed by atoms with Crippen molar-refractivity contribution in [3.63, 3.8) is 0 Å². The molecular formula is C36H69NO3. The van der Waals surface area contributed by atoms with Crippen LogP contribution in [0.1, 0.15) is 181 Å². The number of carbonyl (C=O) groups is 1. The van der Waals surface area contributed by atoms with Gasteiger partial charge in [-0.3, -0.25) is 4.79 Å². The summed E-state index contributed by atoms with van der Waals surface area (Å²) < 4.78 is 0. The van der Waals surface area contributed by atoms with Crippen LogP contribution in [0.25, 0.3) is 0 Å². The highest BCUT2D eigenvalue weighted by Crippen LogP contribution is 2.14. The summed E-state index contributed by atoms with van der Waals surface area (Å²) in [5.74, 6) is -0.0747. The monoisotopic (exact) mass is 564 g/mol. The summed E-state index contributed by atoms with van der Waals surface area (Å²) in [5.41, 5.74) is 0. The molecule has 4 nitrogen and oxygen atoms in total. The van der Waals surface area contributed by atoms with Gasteiger partial charge in [-0.2, -0.15) is 0 Å². The van der Waals surface area contributed by atoms with E-state index in [-0.39, 0.29) is 12.5 Å². The minimum atomic E-state index is -0.855. The summed E-state index contributed by atoms with van der Waals surface area (Å²) in [6.07, 6.45) is 39.7. The van der Waals surface area contributed by atoms with Crippen molar-refractivity contribution in [2.75, 3.05) is 6.61 Å². The zero-order chi connectivity index (χ0) is 29.4. The molecule has 2 unspecified atom stereocenters. The van der Waals surface area contributed by atoms with Crippen LogP contribution in [0.3, 0.4) is 0 Å². The van der Waals surface area contributed by atoms with Crippen LogP contribution in [0.2, 0.25) is 0 Å². The zero-order valence-corrected chi connectivity index (χ0v) is 26.9. The summed E-state index contributed by atoms with van der Waals surface area (Å²) in [5, 5.41) is 22.8. The van der Waals surface area contributed by atoms with E-state index < -0.39 is 12.1 Å². The topological polar surface area (TPSA) is 69.6 Å². The molecule has 2 atom stereocenters. The first-order chi connectivity index (χ1) is 19.7. The third-order valence-electron chi connectivity index (χ3n) is 7.94. The van der Waals surface area contributed by atoms with Crippen molar-refractivity contribution in [2.45, 2.75) is 193 Å². The molecule has 0 saturated heterocycles. The van der Waals surface area contributed by atoms with Crippen molar-refractivity contribution in [1.82, 2.24) is 5.32 Å². The maximum absolute atomic E-state index is 12.3. The van der Waals surface area contributed by atoms with Crippen LogP contribution in [-0.4, -0.2) is 34.9 Å². The summed E-state index contributed by atoms with van der Waals surface area (Å²) in [6, 6.07) is -0.631. The second-order valence-corrected chi connectivity index (χ2v) is 11.9. The van der Waals surface area contributed by atoms with Crippen molar-refractivity contribution in [2.24, 2.45) is 0 Å². The number of aliphatic hydroxyl groups excluding tert-OH is 2. The predicted molar refractivity (Wildman–Crippen MR) is 175 cm³/mol. The number of nitrogens with one attached hydrogen (secondary N) is 1. The molecule has 1 amide bonds. The van der Waals surface area contributed by atoms with Gasteiger partial charge in [-0.25, -0.2) is 0 Å². The fourth-order valence-corrected chi connectivity index (χ4v) is 5.19. The maximum atomic E-state index is 12.3. The molecule has 0 fully saturated rings. The van der Waals surface area contributed by atoms with Crippen molar-refractivity contribution in [3.8, 4) is 0 Å². The molecule has 0 aromatic rings. The van der Waals surface area contributed by atoms with Gasteiger partial charge in [-0.1, -0.05) is 167 Å². The maximum Gasteiger partial charge on any atom is 0.220 e. The Kier molecular flexibility index (Phi) is 31.5. The molecule has 0 aromatic heterocycles. The molecular weight excluding hydrogens is 494 g/mol. The van der Waals surface area contributed by atoms with Gasteiger partial charge in [0, 0.05) is 6.42 Å². The smallest absolute Gasteiger partial charge is 0.220 e. The lowest BCUT2D eigenvalue weighted by Crippen LogP contribution is -2.45. The molecule has 236 valence electrons. The van der Waals surface area contributed by atoms with E-state index in [0.717, 1.165) is 32.1 Å². The molecule has 0 spiro atoms. The zero-order valence-electron chi connectivity index (χ0n) is 26.9. The summed E-state index contributed by atoms with van der Waals surface area (Å²) >= 11 is 0. The van der Waals surface area contributed by atoms with Gasteiger partial charge >= 0.3 is 0 Å². The molecule has 0 radical (unpaired) electrons. The molecule has 0 heterocycles. The average Bonchev–Trinajstić information content (AvgIpc) is 2.96. The Morgan fingerprint density at radius 1 is 0.575 bits per heavy atom. The molecule has 0 rings (SSSR count). The lowest BCUT2D eigenvalue weighted by Gasteiger charge is -2.19. The molecule has 0 aliphatic heterocycles. The molecule has 4 heteroatoms. The van der Waals surface area contributed by atoms with E-state index in [1.54, 1.807) is 6.08 Å². The number of hydrogen-bond donors (Lipinski definition) is 3. The van der Waals surface area contributed by atoms with Gasteiger partial charge in [0.1, 0.15) is 0 Å². The molecule has 0 aromatic carbocycles. The number of hydrogen-bond acceptors (Lipinski definition) is 3. The van der Waals surface area contributed by atoms with Crippen molar-refractivity contribution in [3.05, 3.63) is 24.3 Å². The minimum Gasteiger partial charge on any atom is -0.394 e. The van der Waals surface area contributed by atoms with E-state index in [1.165, 1.54) is 128 Å². The fraction of sp³-hybridized carbons (Fsp3) is 0.861. The van der Waals surface area contributed by atoms with E-state index in [4.69, 9.17) is 0 Å². The minimum absolute atomic E-state index is 0.0747. The van der Waals surface area contributed by atoms with Crippen molar-refractivity contribution < 1.29 is 15.0 Å². The van der Waals surface area contributed by atoms with Crippen molar-refractivity contribution >= 4 is 5.91 Å². The van der Waals surface area contributed by atoms with E-state index >= 15 is 0 Å². The average molecular weight is 564 g/mol. The SMILES string of the molecule is CCCCCCC/C=C/CC/C=C/C(O)C(CO)NC(=O)CCCCCCCCCCCCCCCCCCC. The highest BCUT2D eigenvalue weighted by molar-refractivity contribution is 5.76. The highest BCUT2D eigenvalue weighted by atomic mass is 16.3. The Labute approximate surface area is 249 Å². The Hall–Kier alpha value is -1.13. The number of amides is 1. The fourth-order valence-electron chi connectivity index (χ4n) is 5.19. The standard InChI is InChI=1S/C36H69NO3/c1-3-5-7-9-11-13-15-16-17-18-19-20-22-24-26-28-30-32-36(40)37-34(33-38)35(39)31-29-27-25-23-21-14-12-10-8-6-4-2/h21,23,29,31,34-35,38-39H,3-20,22,24-28,30,32-33H2,1-2H3,(H,37,40)/b23-21+,31-29+. The lowest BCUT2D eigenvalue weighted by molar-refractivity contribution is -0.123. The van der Waals surface area contributed by atoms with Crippen LogP contribution in [0.15, 0.2) is 24.3 Å². The molecule has 0 saturated carbocycles. The first kappa shape index (κ1) is 38.9. The van der Waals surface area contributed by atoms with E-state index in [2.05, 4.69) is 31.3 Å². The third-order valence-corrected chi connectivity index (χ3v) is 7.94. The highest BCUT2D eigenvalue weighted by Gasteiger charge is 2.17. The number of allylic oxidation sites excluding steroid dienone is 3. The van der Waals surface area contributed by atoms with E-state index in [9.17, 15) is 15.0 Å². The molecule has 0 aliphatic carbocycles. The largest absolute Gasteiger partial charge is 0.394 e. The molecule has 0 bridgehead atoms. The first-order valence-corrected chi connectivity index (χ1v) is 17.6. The first-order valence-electron chi connectivity index (χ1n) is 17.6. The Morgan fingerprint density at radius 2 is 0.975 bits per heavy atom. The molecule has 3 N–H and O–H groups in total. The van der Waals surface area contributed by atoms with E-state index in [1.807, 2.05) is 6.08 Å². The summed E-state index contributed by atoms with van der Waals surface area (Å²) in [7, 11) is 0. The van der Waals surface area contributed by atoms with Crippen LogP contribution < -0.4 is 5.32 Å². The quantitative estimate of drug-likeness (QED) is 0.0580. The normalized spacial score (nSPS) is 13.4. The van der Waals surface area contributed by atoms with Crippen LogP contribution in [0, 0.1) is 0 Å². The lowest BCUT2D eigenvalue weighted by atomic mass is 10.0. The Balaban J connectivity index is 3.62. The van der Waals surface area contributed by atoms with Gasteiger partial charge in [-0.15, -0.1) is 0 Å². The second kappa shape index (κ2) is 32.4. The van der Waals surface area contributed by atoms with Crippen LogP contribution in [0.4, 0.5) is 0 Å². The van der Waals surface area contributed by atoms with Gasteiger partial charge in [0.05, 0.1) is 18.8 Å². The van der Waals surface area contributed by atoms with Gasteiger partial charge in [0.15, 0.2) is 0 Å². The van der Waals surface area contributed by atoms with Gasteiger partial charge in [0.25, 0.3) is 0 Å². The number of aliphatic hydroxyl groups is 2. The second-order valence-electron chi connectivity index (χ2n) is 11.9. The molecule has 0 aliphatic rings. The number of rotatable bonds is 31. The summed E-state index contributed by atoms with van der Waals surface area (Å²) in [6.45, 7) is 4.26. The van der Waals surface area contributed by atoms with Gasteiger partial charge in [0.2, 0.25) is 5.91 Å². The van der Waals surface area contributed by atoms with Crippen LogP contribution in [0.5, 0.6) is 0 Å².